The van der Waals surface area contributed by atoms with Gasteiger partial charge in [-0.05, 0) is 30.9 Å². The number of aliphatic hydroxyl groups is 1. The van der Waals surface area contributed by atoms with Crippen molar-refractivity contribution >= 4 is 17.5 Å². The average molecular weight is 389 g/mol. The standard InChI is InChI=1S/C16H16ClF3N4O2/c17-11-6-10(16(18,19)20)7-21-14(11)15(26)23-12-4-9(5-13(12)25)8-24-3-1-2-22-24/h1-3,6-7,9,12-13,25H,4-5,8H2,(H,23,26)/t9?,12-,13-/m1/s1. The van der Waals surface area contributed by atoms with E-state index in [9.17, 15) is 23.1 Å². The summed E-state index contributed by atoms with van der Waals surface area (Å²) in [5, 5.41) is 16.5. The molecule has 26 heavy (non-hydrogen) atoms. The van der Waals surface area contributed by atoms with Crippen molar-refractivity contribution in [1.29, 1.82) is 0 Å². The lowest BCUT2D eigenvalue weighted by atomic mass is 10.1. The molecule has 3 atom stereocenters. The zero-order valence-electron chi connectivity index (χ0n) is 13.4. The number of amides is 1. The van der Waals surface area contributed by atoms with Gasteiger partial charge in [0.15, 0.2) is 0 Å². The van der Waals surface area contributed by atoms with Gasteiger partial charge in [-0.2, -0.15) is 18.3 Å². The molecule has 1 aliphatic carbocycles. The molecule has 2 N–H and O–H groups in total. The van der Waals surface area contributed by atoms with E-state index in [0.29, 0.717) is 31.6 Å². The number of pyridine rings is 1. The summed E-state index contributed by atoms with van der Waals surface area (Å²) in [5.41, 5.74) is -1.33. The number of nitrogens with zero attached hydrogens (tertiary/aromatic N) is 3. The van der Waals surface area contributed by atoms with Crippen molar-refractivity contribution in [3.8, 4) is 0 Å². The first-order valence-corrected chi connectivity index (χ1v) is 8.31. The topological polar surface area (TPSA) is 80.0 Å². The summed E-state index contributed by atoms with van der Waals surface area (Å²) in [7, 11) is 0. The van der Waals surface area contributed by atoms with Crippen molar-refractivity contribution in [3.63, 3.8) is 0 Å². The van der Waals surface area contributed by atoms with Crippen LogP contribution in [0.1, 0.15) is 28.9 Å². The summed E-state index contributed by atoms with van der Waals surface area (Å²) in [5.74, 6) is -0.598. The van der Waals surface area contributed by atoms with Crippen molar-refractivity contribution in [2.24, 2.45) is 5.92 Å². The van der Waals surface area contributed by atoms with Gasteiger partial charge in [0.1, 0.15) is 5.69 Å². The van der Waals surface area contributed by atoms with Gasteiger partial charge in [-0.1, -0.05) is 11.6 Å². The van der Waals surface area contributed by atoms with Gasteiger partial charge < -0.3 is 10.4 Å². The third-order valence-electron chi connectivity index (χ3n) is 4.33. The second-order valence-electron chi connectivity index (χ2n) is 6.27. The van der Waals surface area contributed by atoms with Gasteiger partial charge in [-0.25, -0.2) is 4.98 Å². The number of aliphatic hydroxyl groups excluding tert-OH is 1. The highest BCUT2D eigenvalue weighted by molar-refractivity contribution is 6.33. The third-order valence-corrected chi connectivity index (χ3v) is 4.62. The third kappa shape index (κ3) is 4.16. The van der Waals surface area contributed by atoms with E-state index in [1.54, 1.807) is 16.9 Å². The van der Waals surface area contributed by atoms with E-state index in [2.05, 4.69) is 15.4 Å². The number of carbonyl (C=O) groups excluding carboxylic acids is 1. The summed E-state index contributed by atoms with van der Waals surface area (Å²) in [6.07, 6.45) is -0.316. The molecule has 1 aliphatic rings. The Morgan fingerprint density at radius 3 is 2.81 bits per heavy atom. The zero-order valence-corrected chi connectivity index (χ0v) is 14.2. The molecule has 2 aromatic heterocycles. The molecule has 1 unspecified atom stereocenters. The summed E-state index contributed by atoms with van der Waals surface area (Å²) >= 11 is 5.78. The largest absolute Gasteiger partial charge is 0.417 e. The van der Waals surface area contributed by atoms with E-state index in [1.165, 1.54) is 0 Å². The fourth-order valence-corrected chi connectivity index (χ4v) is 3.34. The van der Waals surface area contributed by atoms with Crippen molar-refractivity contribution < 1.29 is 23.1 Å². The Morgan fingerprint density at radius 1 is 1.42 bits per heavy atom. The molecule has 3 rings (SSSR count). The number of nitrogens with one attached hydrogen (secondary N) is 1. The first-order valence-electron chi connectivity index (χ1n) is 7.93. The molecule has 0 saturated heterocycles. The highest BCUT2D eigenvalue weighted by atomic mass is 35.5. The van der Waals surface area contributed by atoms with Crippen LogP contribution in [-0.4, -0.2) is 37.9 Å². The second kappa shape index (κ2) is 7.24. The number of carbonyl (C=O) groups is 1. The number of rotatable bonds is 4. The number of halogens is 4. The zero-order chi connectivity index (χ0) is 18.9. The molecule has 2 aromatic rings. The molecule has 0 bridgehead atoms. The van der Waals surface area contributed by atoms with E-state index in [1.807, 2.05) is 6.20 Å². The molecule has 140 valence electrons. The minimum absolute atomic E-state index is 0.117. The van der Waals surface area contributed by atoms with Gasteiger partial charge in [0.25, 0.3) is 5.91 Å². The maximum Gasteiger partial charge on any atom is 0.417 e. The van der Waals surface area contributed by atoms with Gasteiger partial charge in [0.2, 0.25) is 0 Å². The lowest BCUT2D eigenvalue weighted by Crippen LogP contribution is -2.40. The van der Waals surface area contributed by atoms with Crippen molar-refractivity contribution in [1.82, 2.24) is 20.1 Å². The lowest BCUT2D eigenvalue weighted by molar-refractivity contribution is -0.137. The van der Waals surface area contributed by atoms with E-state index >= 15 is 0 Å². The summed E-state index contributed by atoms with van der Waals surface area (Å²) < 4.78 is 39.7. The molecule has 0 radical (unpaired) electrons. The fourth-order valence-electron chi connectivity index (χ4n) is 3.09. The molecule has 1 saturated carbocycles. The molecule has 1 fully saturated rings. The lowest BCUT2D eigenvalue weighted by Gasteiger charge is -2.17. The van der Waals surface area contributed by atoms with Crippen LogP contribution in [0.2, 0.25) is 5.02 Å². The van der Waals surface area contributed by atoms with Crippen molar-refractivity contribution in [2.45, 2.75) is 37.7 Å². The Morgan fingerprint density at radius 2 is 2.19 bits per heavy atom. The highest BCUT2D eigenvalue weighted by Crippen LogP contribution is 2.31. The molecule has 10 heteroatoms. The number of aromatic nitrogens is 3. The summed E-state index contributed by atoms with van der Waals surface area (Å²) in [6.45, 7) is 0.607. The van der Waals surface area contributed by atoms with Gasteiger partial charge in [-0.15, -0.1) is 0 Å². The number of hydrogen-bond acceptors (Lipinski definition) is 4. The molecular weight excluding hydrogens is 373 g/mol. The molecule has 0 aliphatic heterocycles. The predicted octanol–water partition coefficient (Wildman–Crippen LogP) is 2.52. The Kier molecular flexibility index (Phi) is 5.19. The quantitative estimate of drug-likeness (QED) is 0.843. The van der Waals surface area contributed by atoms with Gasteiger partial charge in [-0.3, -0.25) is 9.48 Å². The minimum atomic E-state index is -4.59. The van der Waals surface area contributed by atoms with E-state index in [0.717, 1.165) is 0 Å². The average Bonchev–Trinajstić information content (AvgIpc) is 3.17. The van der Waals surface area contributed by atoms with E-state index in [4.69, 9.17) is 11.6 Å². The van der Waals surface area contributed by atoms with E-state index in [-0.39, 0.29) is 11.6 Å². The normalized spacial score (nSPS) is 23.2. The van der Waals surface area contributed by atoms with Crippen LogP contribution in [0.25, 0.3) is 0 Å². The molecule has 0 aromatic carbocycles. The first-order chi connectivity index (χ1) is 12.2. The van der Waals surface area contributed by atoms with E-state index < -0.39 is 34.8 Å². The van der Waals surface area contributed by atoms with Crippen LogP contribution in [-0.2, 0) is 12.7 Å². The smallest absolute Gasteiger partial charge is 0.391 e. The Labute approximate surface area is 152 Å². The first kappa shape index (κ1) is 18.7. The second-order valence-corrected chi connectivity index (χ2v) is 6.67. The SMILES string of the molecule is O=C(N[C@@H]1CC(Cn2cccn2)C[C@H]1O)c1ncc(C(F)(F)F)cc1Cl. The highest BCUT2D eigenvalue weighted by Gasteiger charge is 2.36. The Hall–Kier alpha value is -2.13. The van der Waals surface area contributed by atoms with Crippen LogP contribution in [0.4, 0.5) is 13.2 Å². The summed E-state index contributed by atoms with van der Waals surface area (Å²) in [4.78, 5) is 15.8. The fraction of sp³-hybridized carbons (Fsp3) is 0.438. The Bertz CT molecular complexity index is 782. The molecule has 6 nitrogen and oxygen atoms in total. The maximum atomic E-state index is 12.6. The Balaban J connectivity index is 1.64. The van der Waals surface area contributed by atoms with Crippen LogP contribution in [0.3, 0.4) is 0 Å². The number of alkyl halides is 3. The van der Waals surface area contributed by atoms with Crippen molar-refractivity contribution in [3.05, 3.63) is 47.0 Å². The van der Waals surface area contributed by atoms with Gasteiger partial charge in [0.05, 0.1) is 22.7 Å². The molecule has 1 amide bonds. The van der Waals surface area contributed by atoms with Crippen molar-refractivity contribution in [2.75, 3.05) is 0 Å². The summed E-state index contributed by atoms with van der Waals surface area (Å²) in [6, 6.07) is 1.93. The molecule has 2 heterocycles. The van der Waals surface area contributed by atoms with Crippen LogP contribution in [0, 0.1) is 5.92 Å². The van der Waals surface area contributed by atoms with Crippen LogP contribution >= 0.6 is 11.6 Å². The number of hydrogen-bond donors (Lipinski definition) is 2. The molecular formula is C16H16ClF3N4O2. The van der Waals surface area contributed by atoms with Gasteiger partial charge >= 0.3 is 6.18 Å². The minimum Gasteiger partial charge on any atom is -0.391 e. The van der Waals surface area contributed by atoms with Crippen LogP contribution in [0.15, 0.2) is 30.7 Å². The monoisotopic (exact) mass is 388 g/mol. The maximum absolute atomic E-state index is 12.6. The predicted molar refractivity (Wildman–Crippen MR) is 86.5 cm³/mol. The van der Waals surface area contributed by atoms with Gasteiger partial charge in [0, 0.05) is 25.1 Å². The van der Waals surface area contributed by atoms with Crippen LogP contribution < -0.4 is 5.32 Å². The van der Waals surface area contributed by atoms with Crippen LogP contribution in [0.5, 0.6) is 0 Å². The molecule has 0 spiro atoms.